The molecule has 3 unspecified atom stereocenters. The van der Waals surface area contributed by atoms with Crippen LogP contribution in [0.4, 0.5) is 0 Å². The topological polar surface area (TPSA) is 66.1 Å². The van der Waals surface area contributed by atoms with E-state index in [9.17, 15) is 0 Å². The average Bonchev–Trinajstić information content (AvgIpc) is 2.97. The van der Waals surface area contributed by atoms with Crippen LogP contribution >= 0.6 is 24.0 Å². The Labute approximate surface area is 170 Å². The van der Waals surface area contributed by atoms with Gasteiger partial charge in [-0.25, -0.2) is 0 Å². The molecule has 3 atom stereocenters. The maximum absolute atomic E-state index is 6.11. The summed E-state index contributed by atoms with van der Waals surface area (Å²) in [4.78, 5) is 9.60. The van der Waals surface area contributed by atoms with Crippen molar-refractivity contribution in [3.63, 3.8) is 0 Å². The van der Waals surface area contributed by atoms with Crippen LogP contribution in [0.2, 0.25) is 0 Å². The van der Waals surface area contributed by atoms with Gasteiger partial charge in [0.1, 0.15) is 0 Å². The Morgan fingerprint density at radius 1 is 1.28 bits per heavy atom. The third-order valence-electron chi connectivity index (χ3n) is 5.34. The average molecular weight is 467 g/mol. The maximum Gasteiger partial charge on any atom is 0.188 e. The third-order valence-corrected chi connectivity index (χ3v) is 5.34. The molecule has 2 saturated heterocycles. The molecule has 0 saturated carbocycles. The zero-order chi connectivity index (χ0) is 17.7. The van der Waals surface area contributed by atoms with E-state index in [1.807, 2.05) is 0 Å². The van der Waals surface area contributed by atoms with Gasteiger partial charge < -0.3 is 15.8 Å². The van der Waals surface area contributed by atoms with Gasteiger partial charge in [0.2, 0.25) is 0 Å². The first-order chi connectivity index (χ1) is 11.3. The molecule has 2 heterocycles. The minimum Gasteiger partial charge on any atom is -0.373 e. The number of hydrogen-bond acceptors (Lipinski definition) is 4. The zero-order valence-electron chi connectivity index (χ0n) is 16.6. The van der Waals surface area contributed by atoms with Gasteiger partial charge in [-0.3, -0.25) is 14.8 Å². The minimum absolute atomic E-state index is 0. The van der Waals surface area contributed by atoms with E-state index in [2.05, 4.69) is 54.7 Å². The van der Waals surface area contributed by atoms with Crippen LogP contribution in [0.25, 0.3) is 0 Å². The highest BCUT2D eigenvalue weighted by Crippen LogP contribution is 2.21. The van der Waals surface area contributed by atoms with Crippen molar-refractivity contribution in [1.29, 1.82) is 0 Å². The summed E-state index contributed by atoms with van der Waals surface area (Å²) < 4.78 is 5.83. The first-order valence-electron chi connectivity index (χ1n) is 9.50. The highest BCUT2D eigenvalue weighted by atomic mass is 127. The van der Waals surface area contributed by atoms with Gasteiger partial charge in [-0.15, -0.1) is 24.0 Å². The van der Waals surface area contributed by atoms with Gasteiger partial charge in [-0.2, -0.15) is 0 Å². The molecule has 2 rings (SSSR count). The van der Waals surface area contributed by atoms with E-state index in [-0.39, 0.29) is 41.7 Å². The molecule has 6 nitrogen and oxygen atoms in total. The standard InChI is InChI=1S/C18H37N5O.HI/c1-6-22-9-7-8-16(22)10-20-17(19)21-13-18(4,5)23-11-14(2)24-15(3)12-23;/h14-16H,6-13H2,1-5H3,(H3,19,20,21);1H. The van der Waals surface area contributed by atoms with Crippen LogP contribution in [0.5, 0.6) is 0 Å². The Morgan fingerprint density at radius 3 is 2.52 bits per heavy atom. The van der Waals surface area contributed by atoms with E-state index in [1.54, 1.807) is 0 Å². The number of halogens is 1. The lowest BCUT2D eigenvalue weighted by molar-refractivity contribution is -0.0939. The maximum atomic E-state index is 6.11. The lowest BCUT2D eigenvalue weighted by atomic mass is 10.0. The van der Waals surface area contributed by atoms with E-state index in [0.29, 0.717) is 18.5 Å². The van der Waals surface area contributed by atoms with E-state index in [4.69, 9.17) is 10.5 Å². The number of likely N-dealkylation sites (N-methyl/N-ethyl adjacent to an activating group) is 1. The Morgan fingerprint density at radius 2 is 1.92 bits per heavy atom. The van der Waals surface area contributed by atoms with Crippen molar-refractivity contribution in [2.75, 3.05) is 39.3 Å². The number of likely N-dealkylation sites (tertiary alicyclic amines) is 1. The SMILES string of the molecule is CCN1CCCC1CNC(N)=NCC(C)(C)N1CC(C)OC(C)C1.I. The fraction of sp³-hybridized carbons (Fsp3) is 0.944. The molecule has 0 aromatic carbocycles. The molecule has 0 aromatic rings. The van der Waals surface area contributed by atoms with Gasteiger partial charge in [0.25, 0.3) is 0 Å². The number of ether oxygens (including phenoxy) is 1. The molecule has 3 N–H and O–H groups in total. The summed E-state index contributed by atoms with van der Waals surface area (Å²) in [5.41, 5.74) is 6.09. The lowest BCUT2D eigenvalue weighted by Gasteiger charge is -2.44. The Kier molecular flexibility index (Phi) is 9.42. The molecular formula is C18H38IN5O. The second-order valence-electron chi connectivity index (χ2n) is 7.98. The van der Waals surface area contributed by atoms with Crippen LogP contribution in [0.1, 0.15) is 47.5 Å². The zero-order valence-corrected chi connectivity index (χ0v) is 19.0. The Balaban J connectivity index is 0.00000312. The molecule has 7 heteroatoms. The molecule has 2 aliphatic rings. The number of nitrogens with two attached hydrogens (primary N) is 1. The number of aliphatic imine (C=N–C) groups is 1. The van der Waals surface area contributed by atoms with Crippen molar-refractivity contribution >= 4 is 29.9 Å². The summed E-state index contributed by atoms with van der Waals surface area (Å²) in [7, 11) is 0. The molecule has 0 aliphatic carbocycles. The minimum atomic E-state index is -0.0125. The van der Waals surface area contributed by atoms with Gasteiger partial charge in [0, 0.05) is 31.2 Å². The normalized spacial score (nSPS) is 29.5. The highest BCUT2D eigenvalue weighted by Gasteiger charge is 2.33. The van der Waals surface area contributed by atoms with Crippen LogP contribution in [-0.4, -0.2) is 78.8 Å². The van der Waals surface area contributed by atoms with Crippen molar-refractivity contribution in [1.82, 2.24) is 15.1 Å². The molecule has 2 aliphatic heterocycles. The summed E-state index contributed by atoms with van der Waals surface area (Å²) in [5, 5.41) is 3.32. The number of nitrogens with one attached hydrogen (secondary N) is 1. The van der Waals surface area contributed by atoms with Crippen LogP contribution in [0, 0.1) is 0 Å². The Hall–Kier alpha value is -0.120. The van der Waals surface area contributed by atoms with Crippen LogP contribution in [0.15, 0.2) is 4.99 Å². The van der Waals surface area contributed by atoms with Crippen molar-refractivity contribution < 1.29 is 4.74 Å². The molecule has 148 valence electrons. The van der Waals surface area contributed by atoms with Crippen molar-refractivity contribution in [2.24, 2.45) is 10.7 Å². The number of morpholine rings is 1. The van der Waals surface area contributed by atoms with Crippen molar-refractivity contribution in [3.05, 3.63) is 0 Å². The second kappa shape index (κ2) is 10.3. The summed E-state index contributed by atoms with van der Waals surface area (Å²) in [6, 6.07) is 0.595. The smallest absolute Gasteiger partial charge is 0.188 e. The van der Waals surface area contributed by atoms with Crippen LogP contribution in [-0.2, 0) is 4.74 Å². The van der Waals surface area contributed by atoms with Crippen LogP contribution < -0.4 is 11.1 Å². The predicted octanol–water partition coefficient (Wildman–Crippen LogP) is 1.88. The summed E-state index contributed by atoms with van der Waals surface area (Å²) >= 11 is 0. The fourth-order valence-electron chi connectivity index (χ4n) is 3.87. The second-order valence-corrected chi connectivity index (χ2v) is 7.98. The van der Waals surface area contributed by atoms with Gasteiger partial charge >= 0.3 is 0 Å². The number of nitrogens with zero attached hydrogens (tertiary/aromatic N) is 3. The van der Waals surface area contributed by atoms with E-state index in [1.165, 1.54) is 19.4 Å². The Bertz CT molecular complexity index is 422. The van der Waals surface area contributed by atoms with E-state index >= 15 is 0 Å². The van der Waals surface area contributed by atoms with Gasteiger partial charge in [-0.05, 0) is 53.6 Å². The fourth-order valence-corrected chi connectivity index (χ4v) is 3.87. The van der Waals surface area contributed by atoms with Gasteiger partial charge in [0.05, 0.1) is 18.8 Å². The summed E-state index contributed by atoms with van der Waals surface area (Å²) in [6.07, 6.45) is 3.09. The molecule has 2 fully saturated rings. The number of guanidine groups is 1. The van der Waals surface area contributed by atoms with Gasteiger partial charge in [0.15, 0.2) is 5.96 Å². The highest BCUT2D eigenvalue weighted by molar-refractivity contribution is 14.0. The molecule has 0 aromatic heterocycles. The quantitative estimate of drug-likeness (QED) is 0.355. The summed E-state index contributed by atoms with van der Waals surface area (Å²) in [5.74, 6) is 0.570. The first kappa shape index (κ1) is 22.9. The van der Waals surface area contributed by atoms with Crippen molar-refractivity contribution in [2.45, 2.75) is 71.2 Å². The summed E-state index contributed by atoms with van der Waals surface area (Å²) in [6.45, 7) is 16.8. The number of hydrogen-bond donors (Lipinski definition) is 2. The molecule has 25 heavy (non-hydrogen) atoms. The van der Waals surface area contributed by atoms with Crippen molar-refractivity contribution in [3.8, 4) is 0 Å². The van der Waals surface area contributed by atoms with Crippen LogP contribution in [0.3, 0.4) is 0 Å². The first-order valence-corrected chi connectivity index (χ1v) is 9.50. The van der Waals surface area contributed by atoms with Gasteiger partial charge in [-0.1, -0.05) is 6.92 Å². The number of rotatable bonds is 6. The van der Waals surface area contributed by atoms with E-state index in [0.717, 1.165) is 26.2 Å². The largest absolute Gasteiger partial charge is 0.373 e. The lowest BCUT2D eigenvalue weighted by Crippen LogP contribution is -2.56. The predicted molar refractivity (Wildman–Crippen MR) is 116 cm³/mol. The molecule has 0 spiro atoms. The molecular weight excluding hydrogens is 429 g/mol. The van der Waals surface area contributed by atoms with E-state index < -0.39 is 0 Å². The monoisotopic (exact) mass is 467 g/mol. The third kappa shape index (κ3) is 6.84. The molecule has 0 radical (unpaired) electrons. The molecule has 0 amide bonds. The molecule has 0 bridgehead atoms.